The Kier molecular flexibility index (Phi) is 4.13. The van der Waals surface area contributed by atoms with E-state index in [-0.39, 0.29) is 0 Å². The van der Waals surface area contributed by atoms with Crippen molar-refractivity contribution in [3.8, 4) is 0 Å². The molecule has 2 aromatic rings. The van der Waals surface area contributed by atoms with Crippen LogP contribution in [0.3, 0.4) is 0 Å². The molecule has 0 aliphatic rings. The summed E-state index contributed by atoms with van der Waals surface area (Å²) in [4.78, 5) is 11.5. The quantitative estimate of drug-likeness (QED) is 0.904. The standard InChI is InChI=1S/C15H12Cl2O2/c1-9-2-4-10(5-3-9)14(15(18)19)12-7-6-11(16)8-13(12)17/h2-8,14H,1H3,(H,18,19). The van der Waals surface area contributed by atoms with Gasteiger partial charge in [-0.2, -0.15) is 0 Å². The fourth-order valence-corrected chi connectivity index (χ4v) is 2.47. The van der Waals surface area contributed by atoms with Crippen LogP contribution in [0.15, 0.2) is 42.5 Å². The minimum atomic E-state index is -0.937. The Hall–Kier alpha value is -1.51. The lowest BCUT2D eigenvalue weighted by Crippen LogP contribution is -2.13. The zero-order chi connectivity index (χ0) is 14.0. The number of hydrogen-bond donors (Lipinski definition) is 1. The highest BCUT2D eigenvalue weighted by Crippen LogP contribution is 2.32. The van der Waals surface area contributed by atoms with Crippen molar-refractivity contribution < 1.29 is 9.90 Å². The van der Waals surface area contributed by atoms with E-state index in [4.69, 9.17) is 23.2 Å². The molecule has 1 N–H and O–H groups in total. The van der Waals surface area contributed by atoms with E-state index in [1.807, 2.05) is 19.1 Å². The smallest absolute Gasteiger partial charge is 0.315 e. The minimum absolute atomic E-state index is 0.362. The van der Waals surface area contributed by atoms with E-state index in [1.165, 1.54) is 0 Å². The number of hydrogen-bond acceptors (Lipinski definition) is 1. The molecule has 0 bridgehead atoms. The average Bonchev–Trinajstić information content (AvgIpc) is 2.34. The highest BCUT2D eigenvalue weighted by molar-refractivity contribution is 6.35. The van der Waals surface area contributed by atoms with E-state index in [1.54, 1.807) is 30.3 Å². The van der Waals surface area contributed by atoms with Crippen LogP contribution in [-0.4, -0.2) is 11.1 Å². The lowest BCUT2D eigenvalue weighted by Gasteiger charge is -2.15. The molecule has 98 valence electrons. The van der Waals surface area contributed by atoms with Crippen LogP contribution in [0.4, 0.5) is 0 Å². The zero-order valence-electron chi connectivity index (χ0n) is 10.2. The molecular weight excluding hydrogens is 283 g/mol. The fourth-order valence-electron chi connectivity index (χ4n) is 1.95. The van der Waals surface area contributed by atoms with Crippen molar-refractivity contribution in [2.75, 3.05) is 0 Å². The molecule has 0 amide bonds. The molecule has 4 heteroatoms. The lowest BCUT2D eigenvalue weighted by molar-refractivity contribution is -0.137. The summed E-state index contributed by atoms with van der Waals surface area (Å²) in [5.41, 5.74) is 2.32. The van der Waals surface area contributed by atoms with Crippen molar-refractivity contribution in [1.29, 1.82) is 0 Å². The Morgan fingerprint density at radius 1 is 1.11 bits per heavy atom. The Balaban J connectivity index is 2.51. The summed E-state index contributed by atoms with van der Waals surface area (Å²) in [6.45, 7) is 1.95. The highest BCUT2D eigenvalue weighted by Gasteiger charge is 2.24. The van der Waals surface area contributed by atoms with E-state index < -0.39 is 11.9 Å². The largest absolute Gasteiger partial charge is 0.481 e. The Morgan fingerprint density at radius 2 is 1.74 bits per heavy atom. The van der Waals surface area contributed by atoms with Gasteiger partial charge in [0, 0.05) is 10.0 Å². The van der Waals surface area contributed by atoms with Crippen LogP contribution in [0, 0.1) is 6.92 Å². The molecule has 0 aliphatic carbocycles. The van der Waals surface area contributed by atoms with Gasteiger partial charge in [-0.1, -0.05) is 59.1 Å². The molecule has 19 heavy (non-hydrogen) atoms. The van der Waals surface area contributed by atoms with E-state index in [2.05, 4.69) is 0 Å². The molecule has 0 fully saturated rings. The maximum absolute atomic E-state index is 11.5. The topological polar surface area (TPSA) is 37.3 Å². The maximum Gasteiger partial charge on any atom is 0.315 e. The van der Waals surface area contributed by atoms with Crippen molar-refractivity contribution in [3.05, 3.63) is 69.2 Å². The van der Waals surface area contributed by atoms with Gasteiger partial charge in [0.15, 0.2) is 0 Å². The lowest BCUT2D eigenvalue weighted by atomic mass is 9.91. The van der Waals surface area contributed by atoms with Gasteiger partial charge in [0.05, 0.1) is 0 Å². The van der Waals surface area contributed by atoms with Crippen LogP contribution in [0.1, 0.15) is 22.6 Å². The second-order valence-corrected chi connectivity index (χ2v) is 5.19. The number of aliphatic carboxylic acids is 1. The van der Waals surface area contributed by atoms with E-state index in [0.717, 1.165) is 5.56 Å². The van der Waals surface area contributed by atoms with Crippen LogP contribution in [0.25, 0.3) is 0 Å². The van der Waals surface area contributed by atoms with E-state index >= 15 is 0 Å². The molecule has 0 aliphatic heterocycles. The van der Waals surface area contributed by atoms with Crippen molar-refractivity contribution in [2.24, 2.45) is 0 Å². The predicted molar refractivity (Wildman–Crippen MR) is 77.1 cm³/mol. The summed E-state index contributed by atoms with van der Waals surface area (Å²) in [5, 5.41) is 10.3. The Bertz CT molecular complexity index is 606. The fraction of sp³-hybridized carbons (Fsp3) is 0.133. The number of carbonyl (C=O) groups is 1. The Morgan fingerprint density at radius 3 is 2.26 bits per heavy atom. The van der Waals surface area contributed by atoms with Crippen molar-refractivity contribution in [2.45, 2.75) is 12.8 Å². The normalized spacial score (nSPS) is 12.2. The first-order valence-electron chi connectivity index (χ1n) is 5.73. The van der Waals surface area contributed by atoms with Crippen LogP contribution in [-0.2, 0) is 4.79 Å². The van der Waals surface area contributed by atoms with Crippen LogP contribution in [0.5, 0.6) is 0 Å². The van der Waals surface area contributed by atoms with Gasteiger partial charge in [-0.25, -0.2) is 0 Å². The van der Waals surface area contributed by atoms with Crippen molar-refractivity contribution >= 4 is 29.2 Å². The summed E-state index contributed by atoms with van der Waals surface area (Å²) in [7, 11) is 0. The molecule has 0 saturated carbocycles. The molecule has 0 saturated heterocycles. The number of benzene rings is 2. The van der Waals surface area contributed by atoms with Gasteiger partial charge in [0.2, 0.25) is 0 Å². The second-order valence-electron chi connectivity index (χ2n) is 4.35. The Labute approximate surface area is 121 Å². The van der Waals surface area contributed by atoms with Crippen LogP contribution in [0.2, 0.25) is 10.0 Å². The van der Waals surface area contributed by atoms with Gasteiger partial charge < -0.3 is 5.11 Å². The summed E-state index contributed by atoms with van der Waals surface area (Å²) in [5.74, 6) is -1.72. The number of rotatable bonds is 3. The van der Waals surface area contributed by atoms with Gasteiger partial charge in [0.25, 0.3) is 0 Å². The molecule has 0 aromatic heterocycles. The molecule has 0 heterocycles. The zero-order valence-corrected chi connectivity index (χ0v) is 11.7. The van der Waals surface area contributed by atoms with Gasteiger partial charge in [-0.15, -0.1) is 0 Å². The SMILES string of the molecule is Cc1ccc(C(C(=O)O)c2ccc(Cl)cc2Cl)cc1. The van der Waals surface area contributed by atoms with Gasteiger partial charge in [-0.3, -0.25) is 4.79 Å². The van der Waals surface area contributed by atoms with E-state index in [9.17, 15) is 9.90 Å². The molecule has 2 aromatic carbocycles. The second kappa shape index (κ2) is 5.64. The predicted octanol–water partition coefficient (Wildman–Crippen LogP) is 4.52. The van der Waals surface area contributed by atoms with Crippen molar-refractivity contribution in [3.63, 3.8) is 0 Å². The minimum Gasteiger partial charge on any atom is -0.481 e. The van der Waals surface area contributed by atoms with E-state index in [0.29, 0.717) is 21.2 Å². The molecule has 2 nitrogen and oxygen atoms in total. The number of halogens is 2. The highest BCUT2D eigenvalue weighted by atomic mass is 35.5. The van der Waals surface area contributed by atoms with Gasteiger partial charge in [-0.05, 0) is 30.2 Å². The number of carboxylic acid groups (broad SMARTS) is 1. The maximum atomic E-state index is 11.5. The number of carboxylic acids is 1. The molecule has 1 unspecified atom stereocenters. The molecule has 2 rings (SSSR count). The molecule has 1 atom stereocenters. The van der Waals surface area contributed by atoms with Crippen LogP contribution < -0.4 is 0 Å². The molecular formula is C15H12Cl2O2. The first kappa shape index (κ1) is 13.9. The summed E-state index contributed by atoms with van der Waals surface area (Å²) < 4.78 is 0. The third-order valence-electron chi connectivity index (χ3n) is 2.93. The first-order chi connectivity index (χ1) is 8.99. The summed E-state index contributed by atoms with van der Waals surface area (Å²) in [6, 6.07) is 12.2. The van der Waals surface area contributed by atoms with Crippen LogP contribution >= 0.6 is 23.2 Å². The monoisotopic (exact) mass is 294 g/mol. The van der Waals surface area contributed by atoms with Gasteiger partial charge >= 0.3 is 5.97 Å². The average molecular weight is 295 g/mol. The first-order valence-corrected chi connectivity index (χ1v) is 6.49. The number of aryl methyl sites for hydroxylation is 1. The third kappa shape index (κ3) is 3.09. The summed E-state index contributed by atoms with van der Waals surface area (Å²) >= 11 is 11.9. The molecule has 0 radical (unpaired) electrons. The third-order valence-corrected chi connectivity index (χ3v) is 3.49. The van der Waals surface area contributed by atoms with Crippen molar-refractivity contribution in [1.82, 2.24) is 0 Å². The summed E-state index contributed by atoms with van der Waals surface area (Å²) in [6.07, 6.45) is 0. The van der Waals surface area contributed by atoms with Gasteiger partial charge in [0.1, 0.15) is 5.92 Å². The molecule has 0 spiro atoms.